The molecule has 0 spiro atoms. The highest BCUT2D eigenvalue weighted by atomic mass is 32.2. The zero-order valence-corrected chi connectivity index (χ0v) is 13.2. The van der Waals surface area contributed by atoms with E-state index in [-0.39, 0.29) is 6.03 Å². The van der Waals surface area contributed by atoms with Crippen molar-refractivity contribution in [1.82, 2.24) is 10.6 Å². The van der Waals surface area contributed by atoms with Crippen LogP contribution in [0.1, 0.15) is 46.5 Å². The molecule has 2 rings (SSSR count). The summed E-state index contributed by atoms with van der Waals surface area (Å²) < 4.78 is 0. The second-order valence-corrected chi connectivity index (χ2v) is 8.10. The Hall–Kier alpha value is -0.315. The van der Waals surface area contributed by atoms with Crippen LogP contribution in [0.5, 0.6) is 0 Å². The molecule has 3 nitrogen and oxygen atoms in total. The quantitative estimate of drug-likeness (QED) is 0.446. The maximum atomic E-state index is 11.3. The Morgan fingerprint density at radius 2 is 2.05 bits per heavy atom. The summed E-state index contributed by atoms with van der Waals surface area (Å²) in [7, 11) is 2.43. The fraction of sp³-hybridized carbons (Fsp3) is 0.929. The van der Waals surface area contributed by atoms with Crippen LogP contribution >= 0.6 is 11.8 Å². The molecule has 2 heterocycles. The highest BCUT2D eigenvalue weighted by Crippen LogP contribution is 2.33. The number of hydrogen-bond donors (Lipinski definition) is 2. The summed E-state index contributed by atoms with van der Waals surface area (Å²) in [4.78, 5) is 11.3. The molecule has 0 bridgehead atoms. The molecule has 3 atom stereocenters. The van der Waals surface area contributed by atoms with E-state index in [0.717, 1.165) is 5.75 Å². The summed E-state index contributed by atoms with van der Waals surface area (Å²) in [6.07, 6.45) is 6.36. The molecule has 2 N–H and O–H groups in total. The molecule has 0 aromatic heterocycles. The van der Waals surface area contributed by atoms with E-state index in [4.69, 9.17) is 0 Å². The van der Waals surface area contributed by atoms with Crippen LogP contribution in [-0.2, 0) is 0 Å². The molecule has 2 fully saturated rings. The van der Waals surface area contributed by atoms with Gasteiger partial charge in [-0.15, -0.1) is 0 Å². The van der Waals surface area contributed by atoms with Gasteiger partial charge in [-0.3, -0.25) is 0 Å². The highest BCUT2D eigenvalue weighted by Gasteiger charge is 2.42. The number of thioether (sulfide) groups is 1. The molecule has 0 aromatic carbocycles. The first kappa shape index (κ1) is 15.1. The largest absolute Gasteiger partial charge is 0.332 e. The Labute approximate surface area is 122 Å². The SMILES string of the molecule is CC(C)(C)[B]CCCCC[C@@H]1SC[C@@H]2NC(=O)N[C@@H]21. The topological polar surface area (TPSA) is 41.1 Å². The summed E-state index contributed by atoms with van der Waals surface area (Å²) in [5.74, 6) is 1.08. The van der Waals surface area contributed by atoms with Crippen LogP contribution in [-0.4, -0.2) is 36.4 Å². The van der Waals surface area contributed by atoms with Crippen molar-refractivity contribution >= 4 is 25.1 Å². The van der Waals surface area contributed by atoms with Crippen molar-refractivity contribution in [3.8, 4) is 0 Å². The van der Waals surface area contributed by atoms with Gasteiger partial charge in [-0.25, -0.2) is 4.79 Å². The third-order valence-corrected chi connectivity index (χ3v) is 5.40. The van der Waals surface area contributed by atoms with Gasteiger partial charge in [0.25, 0.3) is 0 Å². The van der Waals surface area contributed by atoms with E-state index in [1.807, 2.05) is 11.8 Å². The molecule has 1 radical (unpaired) electrons. The van der Waals surface area contributed by atoms with Crippen LogP contribution in [0.2, 0.25) is 11.6 Å². The third kappa shape index (κ3) is 4.62. The van der Waals surface area contributed by atoms with Crippen molar-refractivity contribution in [3.63, 3.8) is 0 Å². The van der Waals surface area contributed by atoms with E-state index in [9.17, 15) is 4.79 Å². The number of carbonyl (C=O) groups excluding carboxylic acids is 1. The summed E-state index contributed by atoms with van der Waals surface area (Å²) >= 11 is 2.02. The third-order valence-electron chi connectivity index (χ3n) is 3.89. The van der Waals surface area contributed by atoms with E-state index >= 15 is 0 Å². The fourth-order valence-electron chi connectivity index (χ4n) is 2.84. The number of rotatable bonds is 6. The highest BCUT2D eigenvalue weighted by molar-refractivity contribution is 8.00. The van der Waals surface area contributed by atoms with Crippen molar-refractivity contribution in [2.24, 2.45) is 0 Å². The van der Waals surface area contributed by atoms with E-state index in [1.54, 1.807) is 0 Å². The monoisotopic (exact) mass is 281 g/mol. The first-order valence-corrected chi connectivity index (χ1v) is 8.53. The van der Waals surface area contributed by atoms with Gasteiger partial charge in [-0.1, -0.05) is 51.7 Å². The average Bonchev–Trinajstić information content (AvgIpc) is 2.82. The van der Waals surface area contributed by atoms with Gasteiger partial charge < -0.3 is 10.6 Å². The lowest BCUT2D eigenvalue weighted by Gasteiger charge is -2.17. The Kier molecular flexibility index (Phi) is 5.10. The lowest BCUT2D eigenvalue weighted by Crippen LogP contribution is -2.36. The summed E-state index contributed by atoms with van der Waals surface area (Å²) in [6.45, 7) is 6.79. The smallest absolute Gasteiger partial charge is 0.315 e. The number of urea groups is 1. The van der Waals surface area contributed by atoms with E-state index in [2.05, 4.69) is 38.7 Å². The van der Waals surface area contributed by atoms with Gasteiger partial charge in [0.05, 0.1) is 12.1 Å². The lowest BCUT2D eigenvalue weighted by atomic mass is 9.53. The maximum Gasteiger partial charge on any atom is 0.315 e. The van der Waals surface area contributed by atoms with Gasteiger partial charge in [0.2, 0.25) is 0 Å². The van der Waals surface area contributed by atoms with Crippen LogP contribution in [0.15, 0.2) is 0 Å². The predicted octanol–water partition coefficient (Wildman–Crippen LogP) is 3.05. The second-order valence-electron chi connectivity index (χ2n) is 6.83. The van der Waals surface area contributed by atoms with Gasteiger partial charge in [0.1, 0.15) is 7.28 Å². The number of amides is 2. The van der Waals surface area contributed by atoms with Crippen LogP contribution in [0.25, 0.3) is 0 Å². The van der Waals surface area contributed by atoms with Gasteiger partial charge in [0, 0.05) is 11.0 Å². The molecule has 2 amide bonds. The van der Waals surface area contributed by atoms with Crippen LogP contribution in [0.3, 0.4) is 0 Å². The van der Waals surface area contributed by atoms with Crippen molar-refractivity contribution in [2.75, 3.05) is 5.75 Å². The number of hydrogen-bond acceptors (Lipinski definition) is 2. The molecule has 0 saturated carbocycles. The minimum absolute atomic E-state index is 0.0278. The first-order valence-electron chi connectivity index (χ1n) is 7.49. The van der Waals surface area contributed by atoms with Gasteiger partial charge in [0.15, 0.2) is 0 Å². The Morgan fingerprint density at radius 1 is 1.26 bits per heavy atom. The van der Waals surface area contributed by atoms with Crippen LogP contribution in [0.4, 0.5) is 4.79 Å². The summed E-state index contributed by atoms with van der Waals surface area (Å²) in [6, 6.07) is 0.774. The first-order chi connectivity index (χ1) is 8.96. The van der Waals surface area contributed by atoms with Crippen molar-refractivity contribution in [3.05, 3.63) is 0 Å². The minimum Gasteiger partial charge on any atom is -0.332 e. The molecule has 5 heteroatoms. The molecule has 0 aromatic rings. The van der Waals surface area contributed by atoms with E-state index in [0.29, 0.717) is 22.6 Å². The zero-order chi connectivity index (χ0) is 13.9. The van der Waals surface area contributed by atoms with Crippen molar-refractivity contribution < 1.29 is 4.79 Å². The second kappa shape index (κ2) is 6.42. The molecular weight excluding hydrogens is 255 g/mol. The lowest BCUT2D eigenvalue weighted by molar-refractivity contribution is 0.247. The molecule has 2 saturated heterocycles. The molecule has 2 aliphatic rings. The standard InChI is InChI=1S/C14H26BN2OS/c1-14(2,3)15-8-6-4-5-7-11-12-10(9-19-11)16-13(18)17-12/h10-12H,4-9H2,1-3H3,(H2,16,17,18)/t10-,11-,12-/m0/s1. The fourth-order valence-corrected chi connectivity index (χ4v) is 4.39. The molecule has 0 unspecified atom stereocenters. The summed E-state index contributed by atoms with van der Waals surface area (Å²) in [5.41, 5.74) is 0. The van der Waals surface area contributed by atoms with Gasteiger partial charge in [-0.05, 0) is 6.42 Å². The molecular formula is C14H26BN2OS. The predicted molar refractivity (Wildman–Crippen MR) is 84.2 cm³/mol. The minimum atomic E-state index is 0.0278. The van der Waals surface area contributed by atoms with Crippen molar-refractivity contribution in [1.29, 1.82) is 0 Å². The molecule has 19 heavy (non-hydrogen) atoms. The number of nitrogens with one attached hydrogen (secondary N) is 2. The Bertz CT molecular complexity index is 319. The number of unbranched alkanes of at least 4 members (excludes halogenated alkanes) is 2. The van der Waals surface area contributed by atoms with Crippen LogP contribution in [0, 0.1) is 0 Å². The maximum absolute atomic E-state index is 11.3. The number of carbonyl (C=O) groups is 1. The number of fused-ring (bicyclic) bond motifs is 1. The average molecular weight is 281 g/mol. The molecule has 107 valence electrons. The zero-order valence-electron chi connectivity index (χ0n) is 12.4. The Balaban J connectivity index is 1.56. The van der Waals surface area contributed by atoms with Crippen LogP contribution < -0.4 is 10.6 Å². The van der Waals surface area contributed by atoms with E-state index in [1.165, 1.54) is 32.0 Å². The summed E-state index contributed by atoms with van der Waals surface area (Å²) in [5, 5.41) is 7.03. The normalized spacial score (nSPS) is 29.8. The van der Waals surface area contributed by atoms with Gasteiger partial charge in [-0.2, -0.15) is 11.8 Å². The Morgan fingerprint density at radius 3 is 2.79 bits per heavy atom. The molecule has 0 aliphatic carbocycles. The van der Waals surface area contributed by atoms with Gasteiger partial charge >= 0.3 is 6.03 Å². The molecule has 2 aliphatic heterocycles. The van der Waals surface area contributed by atoms with Crippen molar-refractivity contribution in [2.45, 2.75) is 75.4 Å². The van der Waals surface area contributed by atoms with E-state index < -0.39 is 0 Å².